The highest BCUT2D eigenvalue weighted by atomic mass is 16.2. The number of hydrogen-bond acceptors (Lipinski definition) is 11. The molecule has 0 fully saturated rings. The number of carbonyl (C=O) groups excluding carboxylic acids is 8. The van der Waals surface area contributed by atoms with Crippen LogP contribution in [0, 0.1) is 11.8 Å². The number of guanidine groups is 2. The maximum Gasteiger partial charge on any atom is 0.243 e. The first-order valence-corrected chi connectivity index (χ1v) is 18.8. The van der Waals surface area contributed by atoms with E-state index < -0.39 is 90.1 Å². The van der Waals surface area contributed by atoms with Crippen LogP contribution in [0.3, 0.4) is 0 Å². The molecule has 0 spiro atoms. The van der Waals surface area contributed by atoms with Crippen molar-refractivity contribution in [3.05, 3.63) is 0 Å². The first-order chi connectivity index (χ1) is 26.5. The fourth-order valence-corrected chi connectivity index (χ4v) is 5.22. The summed E-state index contributed by atoms with van der Waals surface area (Å²) in [6.07, 6.45) is 0.328. The molecule has 8 amide bonds. The van der Waals surface area contributed by atoms with Crippen LogP contribution in [0.25, 0.3) is 0 Å². The minimum atomic E-state index is -1.44. The van der Waals surface area contributed by atoms with E-state index in [9.17, 15) is 38.4 Å². The molecule has 0 bridgehead atoms. The Morgan fingerprint density at radius 2 is 0.912 bits per heavy atom. The molecular formula is C34H65N15O8. The van der Waals surface area contributed by atoms with Crippen molar-refractivity contribution in [3.63, 3.8) is 0 Å². The van der Waals surface area contributed by atoms with Crippen molar-refractivity contribution in [1.29, 1.82) is 0 Å². The zero-order valence-electron chi connectivity index (χ0n) is 33.6. The third-order valence-corrected chi connectivity index (χ3v) is 8.06. The molecule has 23 nitrogen and oxygen atoms in total. The molecule has 0 unspecified atom stereocenters. The molecule has 0 saturated heterocycles. The average molecular weight is 812 g/mol. The number of carbonyl (C=O) groups is 8. The highest BCUT2D eigenvalue weighted by Gasteiger charge is 2.32. The molecule has 0 aromatic carbocycles. The summed E-state index contributed by atoms with van der Waals surface area (Å²) in [6, 6.07) is -7.20. The van der Waals surface area contributed by atoms with Gasteiger partial charge in [-0.25, -0.2) is 0 Å². The van der Waals surface area contributed by atoms with Crippen molar-refractivity contribution < 1.29 is 38.4 Å². The molecule has 0 aliphatic carbocycles. The van der Waals surface area contributed by atoms with Gasteiger partial charge in [0.2, 0.25) is 47.3 Å². The van der Waals surface area contributed by atoms with Gasteiger partial charge in [-0.05, 0) is 63.7 Å². The zero-order chi connectivity index (χ0) is 43.8. The van der Waals surface area contributed by atoms with Crippen molar-refractivity contribution in [2.45, 2.75) is 122 Å². The lowest BCUT2D eigenvalue weighted by molar-refractivity contribution is -0.135. The number of nitrogens with zero attached hydrogens (tertiary/aromatic N) is 2. The first kappa shape index (κ1) is 51.3. The quantitative estimate of drug-likeness (QED) is 0.0200. The summed E-state index contributed by atoms with van der Waals surface area (Å²) >= 11 is 0. The second-order valence-electron chi connectivity index (χ2n) is 14.4. The normalized spacial score (nSPS) is 14.0. The third kappa shape index (κ3) is 23.7. The topological polar surface area (TPSA) is 416 Å². The number of hydrogen-bond donors (Lipinski definition) is 13. The van der Waals surface area contributed by atoms with Crippen LogP contribution in [0.15, 0.2) is 9.98 Å². The van der Waals surface area contributed by atoms with Crippen molar-refractivity contribution in [3.8, 4) is 0 Å². The standard InChI is InChI=1S/C34H65N15O8/c1-17(2)14-20(35)28(53)46-21(8-6-12-42-33(38)39)31(56)47-22(9-7-13-43-34(40)41)32(57)48-23(10-11-25(36)50)30(55)45-19(5)27(52)49-24(15-18(3)4)29(54)44-16-26(37)51/h17-24H,6-16,35H2,1-5H3,(H2,36,50)(H2,37,51)(H,44,54)(H,45,55)(H,46,53)(H,47,56)(H,48,57)(H,49,52)(H4,38,39,42)(H4,40,41,43)/t19-,20-,21-,22-,23-,24-/m0/s1. The van der Waals surface area contributed by atoms with E-state index in [2.05, 4.69) is 41.9 Å². The summed E-state index contributed by atoms with van der Waals surface area (Å²) in [5.41, 5.74) is 38.2. The van der Waals surface area contributed by atoms with Gasteiger partial charge in [-0.1, -0.05) is 27.7 Å². The van der Waals surface area contributed by atoms with Gasteiger partial charge in [-0.2, -0.15) is 0 Å². The molecule has 0 heterocycles. The van der Waals surface area contributed by atoms with E-state index in [0.717, 1.165) is 0 Å². The molecule has 0 radical (unpaired) electrons. The Bertz CT molecular complexity index is 1430. The summed E-state index contributed by atoms with van der Waals surface area (Å²) in [5, 5.41) is 15.1. The third-order valence-electron chi connectivity index (χ3n) is 8.06. The second-order valence-corrected chi connectivity index (χ2v) is 14.4. The van der Waals surface area contributed by atoms with Crippen molar-refractivity contribution in [1.82, 2.24) is 31.9 Å². The Kier molecular flexibility index (Phi) is 24.2. The van der Waals surface area contributed by atoms with E-state index in [1.807, 2.05) is 27.7 Å². The lowest BCUT2D eigenvalue weighted by Crippen LogP contribution is -2.59. The van der Waals surface area contributed by atoms with Gasteiger partial charge in [0.05, 0.1) is 12.6 Å². The van der Waals surface area contributed by atoms with Gasteiger partial charge in [0.25, 0.3) is 0 Å². The highest BCUT2D eigenvalue weighted by molar-refractivity contribution is 5.97. The lowest BCUT2D eigenvalue weighted by atomic mass is 10.0. The summed E-state index contributed by atoms with van der Waals surface area (Å²) in [7, 11) is 0. The first-order valence-electron chi connectivity index (χ1n) is 18.8. The van der Waals surface area contributed by atoms with Crippen molar-refractivity contribution in [2.24, 2.45) is 62.0 Å². The molecule has 0 saturated carbocycles. The van der Waals surface area contributed by atoms with Crippen LogP contribution in [-0.4, -0.2) is 115 Å². The zero-order valence-corrected chi connectivity index (χ0v) is 33.6. The Morgan fingerprint density at radius 3 is 1.33 bits per heavy atom. The van der Waals surface area contributed by atoms with E-state index >= 15 is 0 Å². The van der Waals surface area contributed by atoms with E-state index in [1.54, 1.807) is 0 Å². The van der Waals surface area contributed by atoms with Crippen LogP contribution in [0.5, 0.6) is 0 Å². The molecule has 0 aromatic heterocycles. The molecule has 0 aliphatic heterocycles. The summed E-state index contributed by atoms with van der Waals surface area (Å²) in [6.45, 7) is 8.46. The summed E-state index contributed by atoms with van der Waals surface area (Å²) in [4.78, 5) is 110. The molecule has 0 aliphatic rings. The monoisotopic (exact) mass is 812 g/mol. The highest BCUT2D eigenvalue weighted by Crippen LogP contribution is 2.09. The van der Waals surface area contributed by atoms with Gasteiger partial charge in [0.15, 0.2) is 11.9 Å². The predicted octanol–water partition coefficient (Wildman–Crippen LogP) is -5.18. The fraction of sp³-hybridized carbons (Fsp3) is 0.706. The molecule has 324 valence electrons. The average Bonchev–Trinajstić information content (AvgIpc) is 3.09. The Labute approximate surface area is 333 Å². The van der Waals surface area contributed by atoms with Gasteiger partial charge < -0.3 is 72.0 Å². The predicted molar refractivity (Wildman–Crippen MR) is 213 cm³/mol. The molecule has 23 heteroatoms. The summed E-state index contributed by atoms with van der Waals surface area (Å²) in [5.74, 6) is -6.45. The largest absolute Gasteiger partial charge is 0.370 e. The number of nitrogens with one attached hydrogen (secondary N) is 6. The van der Waals surface area contributed by atoms with E-state index in [0.29, 0.717) is 6.42 Å². The van der Waals surface area contributed by atoms with Crippen LogP contribution in [0.4, 0.5) is 0 Å². The van der Waals surface area contributed by atoms with Crippen LogP contribution < -0.4 is 72.0 Å². The van der Waals surface area contributed by atoms with Gasteiger partial charge in [-0.15, -0.1) is 0 Å². The maximum absolute atomic E-state index is 13.8. The SMILES string of the molecule is CC(C)C[C@H](NC(=O)[C@H](C)NC(=O)[C@H](CCC(N)=O)NC(=O)[C@H](CCCN=C(N)N)NC(=O)[C@H](CCCN=C(N)N)NC(=O)[C@@H](N)CC(C)C)C(=O)NCC(N)=O. The van der Waals surface area contributed by atoms with Gasteiger partial charge in [0, 0.05) is 19.5 Å². The van der Waals surface area contributed by atoms with Crippen LogP contribution in [0.2, 0.25) is 0 Å². The fourth-order valence-electron chi connectivity index (χ4n) is 5.22. The lowest BCUT2D eigenvalue weighted by Gasteiger charge is -2.27. The van der Waals surface area contributed by atoms with Gasteiger partial charge >= 0.3 is 0 Å². The van der Waals surface area contributed by atoms with Crippen LogP contribution in [-0.2, 0) is 38.4 Å². The number of nitrogens with two attached hydrogens (primary N) is 7. The summed E-state index contributed by atoms with van der Waals surface area (Å²) < 4.78 is 0. The molecule has 20 N–H and O–H groups in total. The Morgan fingerprint density at radius 1 is 0.491 bits per heavy atom. The Hall–Kier alpha value is -5.74. The molecule has 6 atom stereocenters. The van der Waals surface area contributed by atoms with E-state index in [-0.39, 0.29) is 81.8 Å². The number of primary amides is 2. The smallest absolute Gasteiger partial charge is 0.243 e. The molecule has 0 rings (SSSR count). The second kappa shape index (κ2) is 27.0. The van der Waals surface area contributed by atoms with Crippen LogP contribution in [0.1, 0.15) is 86.0 Å². The van der Waals surface area contributed by atoms with E-state index in [1.165, 1.54) is 6.92 Å². The van der Waals surface area contributed by atoms with Gasteiger partial charge in [-0.3, -0.25) is 48.3 Å². The van der Waals surface area contributed by atoms with E-state index in [4.69, 9.17) is 40.1 Å². The minimum Gasteiger partial charge on any atom is -0.370 e. The number of rotatable bonds is 28. The van der Waals surface area contributed by atoms with Crippen molar-refractivity contribution in [2.75, 3.05) is 19.6 Å². The number of aliphatic imine (C=N–C) groups is 2. The maximum atomic E-state index is 13.8. The van der Waals surface area contributed by atoms with Crippen LogP contribution >= 0.6 is 0 Å². The molecular weight excluding hydrogens is 746 g/mol. The Balaban J connectivity index is 6.30. The minimum absolute atomic E-state index is 0.0477. The van der Waals surface area contributed by atoms with Crippen molar-refractivity contribution >= 4 is 59.2 Å². The molecule has 0 aromatic rings. The number of amides is 8. The molecule has 57 heavy (non-hydrogen) atoms. The van der Waals surface area contributed by atoms with Gasteiger partial charge in [0.1, 0.15) is 30.2 Å².